The van der Waals surface area contributed by atoms with Gasteiger partial charge < -0.3 is 4.42 Å². The third-order valence-electron chi connectivity index (χ3n) is 5.73. The van der Waals surface area contributed by atoms with Crippen LogP contribution in [0.15, 0.2) is 67.2 Å². The number of carbonyl (C=O) groups excluding carboxylic acids is 1. The normalized spacial score (nSPS) is 23.2. The molecule has 7 heteroatoms. The SMILES string of the molecule is Cc1ccc2c(CN3C=NC4SCC(c5ccc(Br)cc5)C4C3=O)cc(=O)oc2c1. The lowest BCUT2D eigenvalue weighted by molar-refractivity contribution is -0.132. The van der Waals surface area contributed by atoms with Gasteiger partial charge >= 0.3 is 5.63 Å². The Hall–Kier alpha value is -2.38. The van der Waals surface area contributed by atoms with E-state index in [1.54, 1.807) is 23.0 Å². The second kappa shape index (κ2) is 7.71. The lowest BCUT2D eigenvalue weighted by Crippen LogP contribution is -2.43. The third-order valence-corrected chi connectivity index (χ3v) is 7.57. The van der Waals surface area contributed by atoms with Gasteiger partial charge in [0.25, 0.3) is 0 Å². The van der Waals surface area contributed by atoms with Crippen molar-refractivity contribution in [1.82, 2.24) is 4.90 Å². The fourth-order valence-electron chi connectivity index (χ4n) is 4.22. The van der Waals surface area contributed by atoms with Gasteiger partial charge in [0.15, 0.2) is 0 Å². The lowest BCUT2D eigenvalue weighted by Gasteiger charge is -2.31. The summed E-state index contributed by atoms with van der Waals surface area (Å²) < 4.78 is 6.37. The number of amides is 1. The van der Waals surface area contributed by atoms with E-state index in [0.717, 1.165) is 32.3 Å². The van der Waals surface area contributed by atoms with Crippen molar-refractivity contribution in [3.05, 3.63) is 80.1 Å². The number of hydrogen-bond donors (Lipinski definition) is 0. The van der Waals surface area contributed by atoms with Crippen LogP contribution in [0.3, 0.4) is 0 Å². The van der Waals surface area contributed by atoms with Gasteiger partial charge in [-0.1, -0.05) is 40.2 Å². The van der Waals surface area contributed by atoms with Gasteiger partial charge in [0.2, 0.25) is 5.91 Å². The number of benzene rings is 2. The zero-order valence-corrected chi connectivity index (χ0v) is 18.7. The Morgan fingerprint density at radius 3 is 2.77 bits per heavy atom. The molecule has 1 amide bonds. The molecule has 2 aromatic carbocycles. The van der Waals surface area contributed by atoms with Crippen LogP contribution in [0.1, 0.15) is 22.6 Å². The number of carbonyl (C=O) groups is 1. The van der Waals surface area contributed by atoms with E-state index in [2.05, 4.69) is 33.1 Å². The molecular weight excluding hydrogens is 464 g/mol. The minimum atomic E-state index is -0.411. The number of aliphatic imine (C=N–C) groups is 1. The summed E-state index contributed by atoms with van der Waals surface area (Å²) >= 11 is 5.20. The number of thioether (sulfide) groups is 1. The highest BCUT2D eigenvalue weighted by molar-refractivity contribution is 9.10. The fraction of sp³-hybridized carbons (Fsp3) is 0.261. The van der Waals surface area contributed by atoms with Crippen LogP contribution in [0.2, 0.25) is 0 Å². The van der Waals surface area contributed by atoms with Gasteiger partial charge in [-0.2, -0.15) is 0 Å². The van der Waals surface area contributed by atoms with Crippen LogP contribution in [0.4, 0.5) is 0 Å². The molecule has 3 heterocycles. The minimum Gasteiger partial charge on any atom is -0.423 e. The predicted octanol–water partition coefficient (Wildman–Crippen LogP) is 4.71. The number of aryl methyl sites for hydroxylation is 1. The largest absolute Gasteiger partial charge is 0.423 e. The Bertz CT molecular complexity index is 1220. The van der Waals surface area contributed by atoms with Crippen molar-refractivity contribution in [3.8, 4) is 0 Å². The molecule has 1 fully saturated rings. The Balaban J connectivity index is 1.47. The Labute approximate surface area is 186 Å². The van der Waals surface area contributed by atoms with Crippen LogP contribution in [0.5, 0.6) is 0 Å². The van der Waals surface area contributed by atoms with Crippen LogP contribution < -0.4 is 5.63 Å². The second-order valence-electron chi connectivity index (χ2n) is 7.73. The first-order valence-corrected chi connectivity index (χ1v) is 11.6. The topological polar surface area (TPSA) is 62.9 Å². The zero-order chi connectivity index (χ0) is 20.8. The minimum absolute atomic E-state index is 0.0531. The van der Waals surface area contributed by atoms with Gasteiger partial charge in [0.05, 0.1) is 18.8 Å². The third kappa shape index (κ3) is 3.50. The molecule has 1 aromatic heterocycles. The Morgan fingerprint density at radius 2 is 1.97 bits per heavy atom. The number of halogens is 1. The molecule has 3 atom stereocenters. The van der Waals surface area contributed by atoms with Crippen molar-refractivity contribution < 1.29 is 9.21 Å². The summed E-state index contributed by atoms with van der Waals surface area (Å²) in [5, 5.41) is 0.788. The van der Waals surface area contributed by atoms with Crippen molar-refractivity contribution in [2.45, 2.75) is 24.8 Å². The van der Waals surface area contributed by atoms with Crippen LogP contribution >= 0.6 is 27.7 Å². The standard InChI is InChI=1S/C23H19BrN2O3S/c1-13-2-7-17-15(9-20(27)29-19(17)8-13)10-26-12-25-22-21(23(26)28)18(11-30-22)14-3-5-16(24)6-4-14/h2-9,12,18,21-22H,10-11H2,1H3. The van der Waals surface area contributed by atoms with Crippen molar-refractivity contribution in [2.75, 3.05) is 5.75 Å². The van der Waals surface area contributed by atoms with Crippen molar-refractivity contribution >= 4 is 50.9 Å². The molecule has 0 bridgehead atoms. The molecule has 5 rings (SSSR count). The highest BCUT2D eigenvalue weighted by Crippen LogP contribution is 2.46. The van der Waals surface area contributed by atoms with Crippen LogP contribution in [-0.4, -0.2) is 28.3 Å². The van der Waals surface area contributed by atoms with E-state index >= 15 is 0 Å². The van der Waals surface area contributed by atoms with Gasteiger partial charge in [-0.25, -0.2) is 4.79 Å². The van der Waals surface area contributed by atoms with Gasteiger partial charge in [0.1, 0.15) is 11.0 Å². The molecule has 30 heavy (non-hydrogen) atoms. The van der Waals surface area contributed by atoms with Crippen molar-refractivity contribution in [2.24, 2.45) is 10.9 Å². The Kier molecular flexibility index (Phi) is 5.03. The maximum absolute atomic E-state index is 13.4. The molecule has 0 N–H and O–H groups in total. The molecule has 3 unspecified atom stereocenters. The number of nitrogens with zero attached hydrogens (tertiary/aromatic N) is 2. The molecule has 5 nitrogen and oxygen atoms in total. The molecule has 2 aliphatic rings. The van der Waals surface area contributed by atoms with Gasteiger partial charge in [-0.05, 0) is 41.8 Å². The van der Waals surface area contributed by atoms with Crippen molar-refractivity contribution in [3.63, 3.8) is 0 Å². The molecule has 2 aliphatic heterocycles. The van der Waals surface area contributed by atoms with E-state index in [9.17, 15) is 9.59 Å². The smallest absolute Gasteiger partial charge is 0.336 e. The van der Waals surface area contributed by atoms with Gasteiger partial charge in [0, 0.05) is 27.6 Å². The maximum atomic E-state index is 13.4. The van der Waals surface area contributed by atoms with E-state index in [1.807, 2.05) is 37.3 Å². The van der Waals surface area contributed by atoms with Crippen LogP contribution in [0.25, 0.3) is 11.0 Å². The maximum Gasteiger partial charge on any atom is 0.336 e. The van der Waals surface area contributed by atoms with Gasteiger partial charge in [-0.3, -0.25) is 14.7 Å². The monoisotopic (exact) mass is 482 g/mol. The van der Waals surface area contributed by atoms with Gasteiger partial charge in [-0.15, -0.1) is 11.8 Å². The predicted molar refractivity (Wildman–Crippen MR) is 123 cm³/mol. The number of fused-ring (bicyclic) bond motifs is 2. The second-order valence-corrected chi connectivity index (χ2v) is 9.79. The highest BCUT2D eigenvalue weighted by atomic mass is 79.9. The highest BCUT2D eigenvalue weighted by Gasteiger charge is 2.46. The molecule has 1 saturated heterocycles. The lowest BCUT2D eigenvalue weighted by atomic mass is 9.86. The molecule has 152 valence electrons. The molecule has 0 radical (unpaired) electrons. The average Bonchev–Trinajstić information content (AvgIpc) is 3.15. The molecule has 0 spiro atoms. The fourth-order valence-corrected chi connectivity index (χ4v) is 5.94. The average molecular weight is 483 g/mol. The molecular formula is C23H19BrN2O3S. The van der Waals surface area contributed by atoms with Crippen LogP contribution in [0, 0.1) is 12.8 Å². The summed E-state index contributed by atoms with van der Waals surface area (Å²) in [6.07, 6.45) is 1.63. The van der Waals surface area contributed by atoms with E-state index in [1.165, 1.54) is 6.07 Å². The van der Waals surface area contributed by atoms with E-state index in [4.69, 9.17) is 4.42 Å². The van der Waals surface area contributed by atoms with E-state index in [-0.39, 0.29) is 23.1 Å². The molecule has 3 aromatic rings. The number of hydrogen-bond acceptors (Lipinski definition) is 5. The summed E-state index contributed by atoms with van der Waals surface area (Å²) in [7, 11) is 0. The first-order valence-electron chi connectivity index (χ1n) is 9.74. The molecule has 0 saturated carbocycles. The van der Waals surface area contributed by atoms with Crippen molar-refractivity contribution in [1.29, 1.82) is 0 Å². The zero-order valence-electron chi connectivity index (χ0n) is 16.2. The van der Waals surface area contributed by atoms with Crippen LogP contribution in [-0.2, 0) is 11.3 Å². The first-order chi connectivity index (χ1) is 14.5. The summed E-state index contributed by atoms with van der Waals surface area (Å²) in [6, 6.07) is 15.4. The number of rotatable bonds is 3. The first kappa shape index (κ1) is 19.6. The molecule has 0 aliphatic carbocycles. The summed E-state index contributed by atoms with van der Waals surface area (Å²) in [5.74, 6) is 0.849. The Morgan fingerprint density at radius 1 is 1.17 bits per heavy atom. The van der Waals surface area contributed by atoms with E-state index < -0.39 is 5.63 Å². The summed E-state index contributed by atoms with van der Waals surface area (Å²) in [4.78, 5) is 31.8. The summed E-state index contributed by atoms with van der Waals surface area (Å²) in [6.45, 7) is 2.25. The quantitative estimate of drug-likeness (QED) is 0.507. The summed E-state index contributed by atoms with van der Waals surface area (Å²) in [5.41, 5.74) is 3.07. The van der Waals surface area contributed by atoms with E-state index in [0.29, 0.717) is 12.1 Å².